The van der Waals surface area contributed by atoms with Gasteiger partial charge in [-0.2, -0.15) is 0 Å². The van der Waals surface area contributed by atoms with Gasteiger partial charge in [0.05, 0.1) is 0 Å². The molecule has 1 aliphatic rings. The van der Waals surface area contributed by atoms with E-state index < -0.39 is 6.36 Å². The normalized spacial score (nSPS) is 16.1. The number of rotatable bonds is 7. The lowest BCUT2D eigenvalue weighted by Gasteiger charge is -2.32. The Bertz CT molecular complexity index is 724. The summed E-state index contributed by atoms with van der Waals surface area (Å²) in [4.78, 5) is 2.40. The SMILES string of the molecule is Fc1ccc(NCCN2CCC(Cc3ccc(OC(F)(F)F)cc3)CC2)cc1. The summed E-state index contributed by atoms with van der Waals surface area (Å²) in [5.74, 6) is 0.116. The lowest BCUT2D eigenvalue weighted by molar-refractivity contribution is -0.274. The number of piperidine rings is 1. The molecular weight excluding hydrogens is 372 g/mol. The molecule has 0 amide bonds. The Morgan fingerprint density at radius 2 is 1.61 bits per heavy atom. The maximum Gasteiger partial charge on any atom is 0.573 e. The summed E-state index contributed by atoms with van der Waals surface area (Å²) < 4.78 is 53.4. The van der Waals surface area contributed by atoms with Crippen LogP contribution in [0.3, 0.4) is 0 Å². The highest BCUT2D eigenvalue weighted by atomic mass is 19.4. The van der Waals surface area contributed by atoms with E-state index in [4.69, 9.17) is 0 Å². The number of halogens is 4. The van der Waals surface area contributed by atoms with Crippen molar-refractivity contribution in [2.75, 3.05) is 31.5 Å². The van der Waals surface area contributed by atoms with E-state index in [0.29, 0.717) is 5.92 Å². The molecule has 1 heterocycles. The molecular formula is C21H24F4N2O. The number of likely N-dealkylation sites (tertiary alicyclic amines) is 1. The molecule has 0 atom stereocenters. The van der Waals surface area contributed by atoms with E-state index in [1.54, 1.807) is 24.3 Å². The topological polar surface area (TPSA) is 24.5 Å². The minimum Gasteiger partial charge on any atom is -0.406 e. The molecule has 0 saturated carbocycles. The molecule has 1 fully saturated rings. The fraction of sp³-hybridized carbons (Fsp3) is 0.429. The number of benzene rings is 2. The first-order valence-corrected chi connectivity index (χ1v) is 9.44. The van der Waals surface area contributed by atoms with Crippen LogP contribution in [0.25, 0.3) is 0 Å². The van der Waals surface area contributed by atoms with Crippen molar-refractivity contribution in [1.82, 2.24) is 4.90 Å². The predicted octanol–water partition coefficient (Wildman–Crippen LogP) is 5.09. The molecule has 2 aromatic rings. The fourth-order valence-electron chi connectivity index (χ4n) is 3.50. The maximum absolute atomic E-state index is 12.9. The molecule has 0 radical (unpaired) electrons. The molecule has 1 N–H and O–H groups in total. The van der Waals surface area contributed by atoms with Crippen molar-refractivity contribution in [3.63, 3.8) is 0 Å². The number of hydrogen-bond acceptors (Lipinski definition) is 3. The molecule has 2 aromatic carbocycles. The van der Waals surface area contributed by atoms with Crippen LogP contribution in [-0.2, 0) is 6.42 Å². The molecule has 0 bridgehead atoms. The highest BCUT2D eigenvalue weighted by molar-refractivity contribution is 5.42. The zero-order valence-corrected chi connectivity index (χ0v) is 15.5. The minimum atomic E-state index is -4.65. The second-order valence-corrected chi connectivity index (χ2v) is 7.11. The number of alkyl halides is 3. The summed E-state index contributed by atoms with van der Waals surface area (Å²) >= 11 is 0. The smallest absolute Gasteiger partial charge is 0.406 e. The predicted molar refractivity (Wildman–Crippen MR) is 101 cm³/mol. The molecule has 0 unspecified atom stereocenters. The molecule has 28 heavy (non-hydrogen) atoms. The van der Waals surface area contributed by atoms with E-state index in [1.807, 2.05) is 0 Å². The third-order valence-corrected chi connectivity index (χ3v) is 4.99. The van der Waals surface area contributed by atoms with Crippen molar-refractivity contribution in [2.24, 2.45) is 5.92 Å². The lowest BCUT2D eigenvalue weighted by atomic mass is 9.90. The van der Waals surface area contributed by atoms with E-state index in [0.717, 1.165) is 56.7 Å². The summed E-state index contributed by atoms with van der Waals surface area (Å²) in [5.41, 5.74) is 1.94. The highest BCUT2D eigenvalue weighted by Gasteiger charge is 2.31. The van der Waals surface area contributed by atoms with Crippen LogP contribution in [-0.4, -0.2) is 37.4 Å². The van der Waals surface area contributed by atoms with Gasteiger partial charge in [-0.1, -0.05) is 12.1 Å². The molecule has 7 heteroatoms. The maximum atomic E-state index is 12.9. The average Bonchev–Trinajstić information content (AvgIpc) is 2.65. The Balaban J connectivity index is 1.36. The highest BCUT2D eigenvalue weighted by Crippen LogP contribution is 2.25. The van der Waals surface area contributed by atoms with E-state index in [9.17, 15) is 17.6 Å². The van der Waals surface area contributed by atoms with Gasteiger partial charge in [0.25, 0.3) is 0 Å². The Hall–Kier alpha value is -2.28. The average molecular weight is 396 g/mol. The summed E-state index contributed by atoms with van der Waals surface area (Å²) in [5, 5.41) is 3.29. The van der Waals surface area contributed by atoms with Gasteiger partial charge >= 0.3 is 6.36 Å². The molecule has 0 aliphatic carbocycles. The van der Waals surface area contributed by atoms with Gasteiger partial charge in [0.15, 0.2) is 0 Å². The number of hydrogen-bond donors (Lipinski definition) is 1. The molecule has 3 nitrogen and oxygen atoms in total. The largest absolute Gasteiger partial charge is 0.573 e. The van der Waals surface area contributed by atoms with Crippen LogP contribution in [0, 0.1) is 11.7 Å². The fourth-order valence-corrected chi connectivity index (χ4v) is 3.50. The number of nitrogens with zero attached hydrogens (tertiary/aromatic N) is 1. The van der Waals surface area contributed by atoms with Gasteiger partial charge in [-0.15, -0.1) is 13.2 Å². The number of anilines is 1. The Morgan fingerprint density at radius 3 is 2.21 bits per heavy atom. The van der Waals surface area contributed by atoms with Crippen LogP contribution in [0.1, 0.15) is 18.4 Å². The van der Waals surface area contributed by atoms with Gasteiger partial charge in [0.2, 0.25) is 0 Å². The number of ether oxygens (including phenoxy) is 1. The van der Waals surface area contributed by atoms with Gasteiger partial charge in [-0.05, 0) is 80.2 Å². The first-order chi connectivity index (χ1) is 13.4. The molecule has 1 aliphatic heterocycles. The van der Waals surface area contributed by atoms with E-state index in [-0.39, 0.29) is 11.6 Å². The third kappa shape index (κ3) is 6.71. The van der Waals surface area contributed by atoms with E-state index in [1.165, 1.54) is 24.3 Å². The quantitative estimate of drug-likeness (QED) is 0.660. The Labute approximate surface area is 162 Å². The van der Waals surface area contributed by atoms with Gasteiger partial charge in [0.1, 0.15) is 11.6 Å². The van der Waals surface area contributed by atoms with Crippen LogP contribution < -0.4 is 10.1 Å². The van der Waals surface area contributed by atoms with Crippen molar-refractivity contribution in [2.45, 2.75) is 25.6 Å². The summed E-state index contributed by atoms with van der Waals surface area (Å²) in [7, 11) is 0. The van der Waals surface area contributed by atoms with Crippen molar-refractivity contribution in [1.29, 1.82) is 0 Å². The van der Waals surface area contributed by atoms with Gasteiger partial charge in [-0.25, -0.2) is 4.39 Å². The second-order valence-electron chi connectivity index (χ2n) is 7.11. The Kier molecular flexibility index (Phi) is 6.78. The molecule has 0 aromatic heterocycles. The molecule has 0 spiro atoms. The van der Waals surface area contributed by atoms with Gasteiger partial charge < -0.3 is 15.0 Å². The van der Waals surface area contributed by atoms with Crippen molar-refractivity contribution < 1.29 is 22.3 Å². The van der Waals surface area contributed by atoms with Crippen LogP contribution in [0.5, 0.6) is 5.75 Å². The van der Waals surface area contributed by atoms with Crippen LogP contribution in [0.15, 0.2) is 48.5 Å². The zero-order valence-electron chi connectivity index (χ0n) is 15.5. The van der Waals surface area contributed by atoms with Gasteiger partial charge in [0, 0.05) is 18.8 Å². The molecule has 1 saturated heterocycles. The molecule has 152 valence electrons. The minimum absolute atomic E-state index is 0.181. The molecule has 3 rings (SSSR count). The van der Waals surface area contributed by atoms with Crippen LogP contribution in [0.2, 0.25) is 0 Å². The van der Waals surface area contributed by atoms with Crippen LogP contribution in [0.4, 0.5) is 23.2 Å². The van der Waals surface area contributed by atoms with E-state index in [2.05, 4.69) is 15.0 Å². The summed E-state index contributed by atoms with van der Waals surface area (Å²) in [6.45, 7) is 3.74. The second kappa shape index (κ2) is 9.28. The standard InChI is InChI=1S/C21H24F4N2O/c22-18-3-5-19(6-4-18)26-11-14-27-12-9-17(10-13-27)15-16-1-7-20(8-2-16)28-21(23,24)25/h1-8,17,26H,9-15H2. The van der Waals surface area contributed by atoms with Crippen LogP contribution >= 0.6 is 0 Å². The van der Waals surface area contributed by atoms with E-state index >= 15 is 0 Å². The first kappa shape index (κ1) is 20.5. The van der Waals surface area contributed by atoms with Crippen molar-refractivity contribution >= 4 is 5.69 Å². The Morgan fingerprint density at radius 1 is 0.964 bits per heavy atom. The van der Waals surface area contributed by atoms with Crippen molar-refractivity contribution in [3.8, 4) is 5.75 Å². The monoisotopic (exact) mass is 396 g/mol. The van der Waals surface area contributed by atoms with Gasteiger partial charge in [-0.3, -0.25) is 0 Å². The third-order valence-electron chi connectivity index (χ3n) is 4.99. The summed E-state index contributed by atoms with van der Waals surface area (Å²) in [6, 6.07) is 12.5. The zero-order chi connectivity index (χ0) is 20.0. The number of nitrogens with one attached hydrogen (secondary N) is 1. The summed E-state index contributed by atoms with van der Waals surface area (Å²) in [6.07, 6.45) is -1.65. The first-order valence-electron chi connectivity index (χ1n) is 9.44. The lowest BCUT2D eigenvalue weighted by Crippen LogP contribution is -2.37. The van der Waals surface area contributed by atoms with Crippen molar-refractivity contribution in [3.05, 3.63) is 59.9 Å².